The van der Waals surface area contributed by atoms with E-state index in [-0.39, 0.29) is 23.5 Å². The van der Waals surface area contributed by atoms with Gasteiger partial charge in [-0.25, -0.2) is 17.9 Å². The fraction of sp³-hybridized carbons (Fsp3) is 0.533. The van der Waals surface area contributed by atoms with Crippen molar-refractivity contribution < 1.29 is 31.9 Å². The van der Waals surface area contributed by atoms with Crippen LogP contribution in [0, 0.1) is 0 Å². The van der Waals surface area contributed by atoms with E-state index in [1.54, 1.807) is 0 Å². The summed E-state index contributed by atoms with van der Waals surface area (Å²) in [6.45, 7) is 3.87. The summed E-state index contributed by atoms with van der Waals surface area (Å²) in [7, 11) is 0. The van der Waals surface area contributed by atoms with E-state index in [2.05, 4.69) is 0 Å². The van der Waals surface area contributed by atoms with Crippen molar-refractivity contribution >= 4 is 17.9 Å². The van der Waals surface area contributed by atoms with Crippen molar-refractivity contribution in [3.8, 4) is 0 Å². The molecule has 1 aromatic carbocycles. The maximum absolute atomic E-state index is 13.1. The maximum atomic E-state index is 13.1. The summed E-state index contributed by atoms with van der Waals surface area (Å²) < 4.78 is 66.4. The molecule has 0 radical (unpaired) electrons. The number of alkyl halides is 5. The standard InChI is InChI=1S/C13H12F5NO2S.C2H6/c14-12(15)3-5-19(6-4-12)22-10-7-8(11(20)21)1-2-9(10)13(16,17)18;1-2/h1-2,7H,3-6H2,(H,20,21);1-2H3. The molecule has 0 unspecified atom stereocenters. The third-order valence-corrected chi connectivity index (χ3v) is 4.37. The molecule has 0 saturated carbocycles. The minimum atomic E-state index is -4.64. The molecule has 1 N–H and O–H groups in total. The van der Waals surface area contributed by atoms with Gasteiger partial charge in [0.2, 0.25) is 0 Å². The second kappa shape index (κ2) is 8.15. The summed E-state index contributed by atoms with van der Waals surface area (Å²) in [6.07, 6.45) is -5.50. The van der Waals surface area contributed by atoms with Gasteiger partial charge in [0.1, 0.15) is 0 Å². The lowest BCUT2D eigenvalue weighted by Crippen LogP contribution is -2.35. The molecule has 1 saturated heterocycles. The number of carboxylic acids is 1. The number of carbonyl (C=O) groups is 1. The van der Waals surface area contributed by atoms with E-state index in [0.29, 0.717) is 18.0 Å². The van der Waals surface area contributed by atoms with E-state index < -0.39 is 36.5 Å². The zero-order valence-corrected chi connectivity index (χ0v) is 14.0. The average molecular weight is 371 g/mol. The number of rotatable bonds is 3. The quantitative estimate of drug-likeness (QED) is 0.588. The summed E-state index contributed by atoms with van der Waals surface area (Å²) in [6, 6.07) is 2.49. The van der Waals surface area contributed by atoms with Crippen LogP contribution >= 0.6 is 11.9 Å². The van der Waals surface area contributed by atoms with Crippen LogP contribution in [0.2, 0.25) is 0 Å². The Balaban J connectivity index is 0.00000139. The van der Waals surface area contributed by atoms with Crippen LogP contribution in [0.1, 0.15) is 42.6 Å². The number of nitrogens with zero attached hydrogens (tertiary/aromatic N) is 1. The zero-order chi connectivity index (χ0) is 18.5. The number of carboxylic acid groups (broad SMARTS) is 1. The van der Waals surface area contributed by atoms with Gasteiger partial charge in [0, 0.05) is 30.8 Å². The Kier molecular flexibility index (Phi) is 7.03. The number of piperidine rings is 1. The molecule has 0 bridgehead atoms. The van der Waals surface area contributed by atoms with Crippen LogP contribution in [0.25, 0.3) is 0 Å². The lowest BCUT2D eigenvalue weighted by molar-refractivity contribution is -0.139. The van der Waals surface area contributed by atoms with Gasteiger partial charge in [0.25, 0.3) is 5.92 Å². The molecule has 1 aliphatic heterocycles. The van der Waals surface area contributed by atoms with Crippen LogP contribution < -0.4 is 0 Å². The maximum Gasteiger partial charge on any atom is 0.417 e. The van der Waals surface area contributed by atoms with Crippen LogP contribution in [0.4, 0.5) is 22.0 Å². The molecule has 0 atom stereocenters. The van der Waals surface area contributed by atoms with Gasteiger partial charge in [-0.2, -0.15) is 13.2 Å². The molecular formula is C15H18F5NO2S. The first-order valence-corrected chi connectivity index (χ1v) is 8.11. The molecule has 0 aliphatic carbocycles. The second-order valence-corrected chi connectivity index (χ2v) is 6.03. The molecule has 0 aromatic heterocycles. The summed E-state index contributed by atoms with van der Waals surface area (Å²) in [5.74, 6) is -4.15. The molecule has 0 amide bonds. The minimum absolute atomic E-state index is 0.0632. The van der Waals surface area contributed by atoms with Crippen LogP contribution in [0.3, 0.4) is 0 Å². The molecule has 2 rings (SSSR count). The van der Waals surface area contributed by atoms with Gasteiger partial charge in [-0.15, -0.1) is 0 Å². The Morgan fingerprint density at radius 1 is 1.21 bits per heavy atom. The van der Waals surface area contributed by atoms with Gasteiger partial charge in [0.05, 0.1) is 11.1 Å². The Labute approximate surface area is 141 Å². The van der Waals surface area contributed by atoms with Crippen LogP contribution in [0.15, 0.2) is 23.1 Å². The van der Waals surface area contributed by atoms with Crippen LogP contribution in [-0.2, 0) is 6.18 Å². The average Bonchev–Trinajstić information content (AvgIpc) is 2.50. The molecule has 1 heterocycles. The third-order valence-electron chi connectivity index (χ3n) is 3.22. The smallest absolute Gasteiger partial charge is 0.417 e. The summed E-state index contributed by atoms with van der Waals surface area (Å²) >= 11 is 0.667. The Hall–Kier alpha value is -1.35. The normalized spacial score (nSPS) is 17.8. The summed E-state index contributed by atoms with van der Waals surface area (Å²) in [5.41, 5.74) is -1.25. The van der Waals surface area contributed by atoms with E-state index in [9.17, 15) is 26.7 Å². The fourth-order valence-corrected chi connectivity index (χ4v) is 3.11. The summed E-state index contributed by atoms with van der Waals surface area (Å²) in [5, 5.41) is 8.87. The predicted octanol–water partition coefficient (Wildman–Crippen LogP) is 5.17. The van der Waals surface area contributed by atoms with Crippen molar-refractivity contribution in [3.63, 3.8) is 0 Å². The molecule has 1 aliphatic rings. The van der Waals surface area contributed by atoms with Crippen LogP contribution in [0.5, 0.6) is 0 Å². The number of hydrogen-bond donors (Lipinski definition) is 1. The fourth-order valence-electron chi connectivity index (χ4n) is 2.01. The Morgan fingerprint density at radius 3 is 2.21 bits per heavy atom. The highest BCUT2D eigenvalue weighted by atomic mass is 32.2. The highest BCUT2D eigenvalue weighted by molar-refractivity contribution is 7.97. The van der Waals surface area contributed by atoms with Gasteiger partial charge in [-0.05, 0) is 30.1 Å². The van der Waals surface area contributed by atoms with Crippen molar-refractivity contribution in [2.75, 3.05) is 13.1 Å². The Bertz CT molecular complexity index is 567. The molecular weight excluding hydrogens is 353 g/mol. The van der Waals surface area contributed by atoms with Crippen molar-refractivity contribution in [1.82, 2.24) is 4.31 Å². The van der Waals surface area contributed by atoms with Crippen LogP contribution in [-0.4, -0.2) is 34.4 Å². The van der Waals surface area contributed by atoms with Crippen molar-refractivity contribution in [2.45, 2.75) is 43.7 Å². The number of halogens is 5. The highest BCUT2D eigenvalue weighted by Crippen LogP contribution is 2.40. The molecule has 9 heteroatoms. The van der Waals surface area contributed by atoms with Gasteiger partial charge in [0.15, 0.2) is 0 Å². The highest BCUT2D eigenvalue weighted by Gasteiger charge is 2.37. The second-order valence-electron chi connectivity index (χ2n) is 4.89. The Morgan fingerprint density at radius 2 is 1.75 bits per heavy atom. The van der Waals surface area contributed by atoms with E-state index in [4.69, 9.17) is 5.11 Å². The van der Waals surface area contributed by atoms with E-state index in [0.717, 1.165) is 12.1 Å². The van der Waals surface area contributed by atoms with Gasteiger partial charge < -0.3 is 5.11 Å². The largest absolute Gasteiger partial charge is 0.478 e. The molecule has 24 heavy (non-hydrogen) atoms. The van der Waals surface area contributed by atoms with Gasteiger partial charge >= 0.3 is 12.1 Å². The minimum Gasteiger partial charge on any atom is -0.478 e. The third kappa shape index (κ3) is 5.62. The first kappa shape index (κ1) is 20.7. The lowest BCUT2D eigenvalue weighted by Gasteiger charge is -2.31. The van der Waals surface area contributed by atoms with Gasteiger partial charge in [-0.1, -0.05) is 13.8 Å². The lowest BCUT2D eigenvalue weighted by atomic mass is 10.1. The monoisotopic (exact) mass is 371 g/mol. The zero-order valence-electron chi connectivity index (χ0n) is 13.2. The molecule has 136 valence electrons. The topological polar surface area (TPSA) is 40.5 Å². The molecule has 1 aromatic rings. The van der Waals surface area contributed by atoms with Gasteiger partial charge in [-0.3, -0.25) is 0 Å². The van der Waals surface area contributed by atoms with E-state index in [1.165, 1.54) is 4.31 Å². The van der Waals surface area contributed by atoms with E-state index >= 15 is 0 Å². The van der Waals surface area contributed by atoms with Crippen molar-refractivity contribution in [1.29, 1.82) is 0 Å². The number of hydrogen-bond acceptors (Lipinski definition) is 3. The molecule has 0 spiro atoms. The first-order chi connectivity index (χ1) is 11.1. The SMILES string of the molecule is CC.O=C(O)c1ccc(C(F)(F)F)c(SN2CCC(F)(F)CC2)c1. The summed E-state index contributed by atoms with van der Waals surface area (Å²) in [4.78, 5) is 10.6. The number of aromatic carboxylic acids is 1. The van der Waals surface area contributed by atoms with E-state index in [1.807, 2.05) is 13.8 Å². The predicted molar refractivity (Wildman–Crippen MR) is 81.4 cm³/mol. The molecule has 1 fully saturated rings. The molecule has 3 nitrogen and oxygen atoms in total. The first-order valence-electron chi connectivity index (χ1n) is 7.34. The number of benzene rings is 1. The van der Waals surface area contributed by atoms with Crippen molar-refractivity contribution in [2.24, 2.45) is 0 Å². The van der Waals surface area contributed by atoms with Crippen molar-refractivity contribution in [3.05, 3.63) is 29.3 Å².